The lowest BCUT2D eigenvalue weighted by molar-refractivity contribution is 0.111. The van der Waals surface area contributed by atoms with Gasteiger partial charge in [-0.3, -0.25) is 0 Å². The fourth-order valence-corrected chi connectivity index (χ4v) is 2.87. The third kappa shape index (κ3) is 5.43. The Hall–Kier alpha value is -0.880. The fraction of sp³-hybridized carbons (Fsp3) is 0.733. The van der Waals surface area contributed by atoms with Crippen LogP contribution in [0.15, 0.2) is 10.7 Å². The zero-order chi connectivity index (χ0) is 15.1. The van der Waals surface area contributed by atoms with Crippen LogP contribution in [-0.2, 0) is 0 Å². The van der Waals surface area contributed by atoms with Gasteiger partial charge in [0.25, 0.3) is 0 Å². The molecule has 1 aromatic heterocycles. The Kier molecular flexibility index (Phi) is 6.70. The molecule has 6 heteroatoms. The van der Waals surface area contributed by atoms with Crippen molar-refractivity contribution >= 4 is 27.7 Å². The van der Waals surface area contributed by atoms with Crippen molar-refractivity contribution in [1.29, 1.82) is 0 Å². The van der Waals surface area contributed by atoms with E-state index in [0.717, 1.165) is 61.9 Å². The van der Waals surface area contributed by atoms with Gasteiger partial charge in [0.2, 0.25) is 5.95 Å². The average Bonchev–Trinajstić information content (AvgIpc) is 2.49. The van der Waals surface area contributed by atoms with Crippen molar-refractivity contribution in [2.75, 3.05) is 23.7 Å². The lowest BCUT2D eigenvalue weighted by Crippen LogP contribution is -2.24. The van der Waals surface area contributed by atoms with Gasteiger partial charge in [-0.05, 0) is 54.0 Å². The van der Waals surface area contributed by atoms with Crippen molar-refractivity contribution in [3.63, 3.8) is 0 Å². The minimum atomic E-state index is -0.0959. The molecule has 0 amide bonds. The van der Waals surface area contributed by atoms with Crippen molar-refractivity contribution in [1.82, 2.24) is 9.97 Å². The van der Waals surface area contributed by atoms with Gasteiger partial charge < -0.3 is 15.7 Å². The zero-order valence-corrected chi connectivity index (χ0v) is 14.2. The molecule has 0 saturated heterocycles. The molecule has 0 unspecified atom stereocenters. The van der Waals surface area contributed by atoms with E-state index in [1.54, 1.807) is 6.20 Å². The first-order valence-electron chi connectivity index (χ1n) is 7.87. The highest BCUT2D eigenvalue weighted by Crippen LogP contribution is 2.26. The highest BCUT2D eigenvalue weighted by atomic mass is 79.9. The first-order chi connectivity index (χ1) is 10.2. The average molecular weight is 357 g/mol. The van der Waals surface area contributed by atoms with Gasteiger partial charge in [-0.15, -0.1) is 0 Å². The number of halogens is 1. The van der Waals surface area contributed by atoms with Crippen LogP contribution in [0.2, 0.25) is 0 Å². The van der Waals surface area contributed by atoms with Crippen LogP contribution < -0.4 is 10.6 Å². The first kappa shape index (κ1) is 16.5. The Bertz CT molecular complexity index is 436. The minimum Gasteiger partial charge on any atom is -0.393 e. The van der Waals surface area contributed by atoms with Gasteiger partial charge >= 0.3 is 0 Å². The highest BCUT2D eigenvalue weighted by molar-refractivity contribution is 9.10. The molecule has 1 saturated carbocycles. The van der Waals surface area contributed by atoms with Crippen LogP contribution in [0.4, 0.5) is 11.8 Å². The fourth-order valence-electron chi connectivity index (χ4n) is 2.54. The molecule has 0 radical (unpaired) electrons. The summed E-state index contributed by atoms with van der Waals surface area (Å²) in [6.45, 7) is 3.97. The van der Waals surface area contributed by atoms with Crippen LogP contribution in [0.3, 0.4) is 0 Å². The predicted octanol–water partition coefficient (Wildman–Crippen LogP) is 3.41. The third-order valence-corrected chi connectivity index (χ3v) is 4.51. The minimum absolute atomic E-state index is 0.0959. The van der Waals surface area contributed by atoms with Crippen molar-refractivity contribution in [3.05, 3.63) is 10.7 Å². The number of hydrogen-bond acceptors (Lipinski definition) is 5. The molecule has 1 heterocycles. The van der Waals surface area contributed by atoms with Crippen molar-refractivity contribution in [2.24, 2.45) is 5.92 Å². The van der Waals surface area contributed by atoms with E-state index >= 15 is 0 Å². The second-order valence-electron chi connectivity index (χ2n) is 5.73. The van der Waals surface area contributed by atoms with Crippen LogP contribution in [0.25, 0.3) is 0 Å². The van der Waals surface area contributed by atoms with E-state index in [-0.39, 0.29) is 6.10 Å². The second-order valence-corrected chi connectivity index (χ2v) is 6.58. The number of aliphatic hydroxyl groups is 1. The summed E-state index contributed by atoms with van der Waals surface area (Å²) < 4.78 is 0.888. The van der Waals surface area contributed by atoms with E-state index in [2.05, 4.69) is 43.5 Å². The summed E-state index contributed by atoms with van der Waals surface area (Å²) in [6.07, 6.45) is 7.96. The predicted molar refractivity (Wildman–Crippen MR) is 89.6 cm³/mol. The van der Waals surface area contributed by atoms with Gasteiger partial charge in [0.05, 0.1) is 10.6 Å². The number of unbranched alkanes of at least 4 members (excludes halogenated alkanes) is 1. The maximum Gasteiger partial charge on any atom is 0.224 e. The van der Waals surface area contributed by atoms with Gasteiger partial charge in [-0.2, -0.15) is 4.98 Å². The molecule has 1 aliphatic carbocycles. The molecule has 0 atom stereocenters. The van der Waals surface area contributed by atoms with Crippen LogP contribution in [0, 0.1) is 5.92 Å². The van der Waals surface area contributed by atoms with Crippen molar-refractivity contribution in [2.45, 2.75) is 51.6 Å². The van der Waals surface area contributed by atoms with E-state index < -0.39 is 0 Å². The lowest BCUT2D eigenvalue weighted by Gasteiger charge is -2.25. The quantitative estimate of drug-likeness (QED) is 0.653. The van der Waals surface area contributed by atoms with Crippen LogP contribution in [0.1, 0.15) is 45.4 Å². The zero-order valence-electron chi connectivity index (χ0n) is 12.6. The van der Waals surface area contributed by atoms with Gasteiger partial charge in [0.1, 0.15) is 5.82 Å². The molecule has 1 aliphatic rings. The normalized spacial score (nSPS) is 22.0. The highest BCUT2D eigenvalue weighted by Gasteiger charge is 2.19. The van der Waals surface area contributed by atoms with Crippen LogP contribution in [0.5, 0.6) is 0 Å². The topological polar surface area (TPSA) is 70.1 Å². The largest absolute Gasteiger partial charge is 0.393 e. The molecule has 0 bridgehead atoms. The molecule has 3 N–H and O–H groups in total. The number of hydrogen-bond donors (Lipinski definition) is 3. The molecule has 1 aromatic rings. The number of aliphatic hydroxyl groups excluding tert-OH is 1. The number of nitrogens with one attached hydrogen (secondary N) is 2. The third-order valence-electron chi connectivity index (χ3n) is 3.93. The summed E-state index contributed by atoms with van der Waals surface area (Å²) in [5, 5.41) is 16.2. The lowest BCUT2D eigenvalue weighted by atomic mass is 9.87. The Morgan fingerprint density at radius 3 is 2.76 bits per heavy atom. The monoisotopic (exact) mass is 356 g/mol. The standard InChI is InChI=1S/C15H25BrN4O/c1-2-3-8-17-15-19-10-13(16)14(20-15)18-9-11-4-6-12(21)7-5-11/h10-12,21H,2-9H2,1H3,(H2,17,18,19,20)/t11-,12-. The Balaban J connectivity index is 1.85. The molecular formula is C15H25BrN4O. The maximum atomic E-state index is 9.54. The molecule has 0 aliphatic heterocycles. The van der Waals surface area contributed by atoms with Crippen molar-refractivity contribution in [3.8, 4) is 0 Å². The molecule has 0 spiro atoms. The van der Waals surface area contributed by atoms with E-state index in [0.29, 0.717) is 11.9 Å². The van der Waals surface area contributed by atoms with E-state index in [1.807, 2.05) is 0 Å². The number of aromatic nitrogens is 2. The maximum absolute atomic E-state index is 9.54. The van der Waals surface area contributed by atoms with E-state index in [9.17, 15) is 5.11 Å². The Morgan fingerprint density at radius 2 is 2.05 bits per heavy atom. The number of nitrogens with zero attached hydrogens (tertiary/aromatic N) is 2. The molecule has 0 aromatic carbocycles. The van der Waals surface area contributed by atoms with Crippen molar-refractivity contribution < 1.29 is 5.11 Å². The summed E-state index contributed by atoms with van der Waals surface area (Å²) in [5.41, 5.74) is 0. The van der Waals surface area contributed by atoms with E-state index in [4.69, 9.17) is 0 Å². The van der Waals surface area contributed by atoms with Gasteiger partial charge in [-0.1, -0.05) is 13.3 Å². The molecule has 21 heavy (non-hydrogen) atoms. The molecule has 2 rings (SSSR count). The van der Waals surface area contributed by atoms with Gasteiger partial charge in [0.15, 0.2) is 0 Å². The summed E-state index contributed by atoms with van der Waals surface area (Å²) in [5.74, 6) is 2.13. The first-order valence-corrected chi connectivity index (χ1v) is 8.66. The molecule has 1 fully saturated rings. The Morgan fingerprint density at radius 1 is 1.29 bits per heavy atom. The molecule has 5 nitrogen and oxygen atoms in total. The smallest absolute Gasteiger partial charge is 0.224 e. The summed E-state index contributed by atoms with van der Waals surface area (Å²) in [6, 6.07) is 0. The molecular weight excluding hydrogens is 332 g/mol. The number of anilines is 2. The SMILES string of the molecule is CCCCNc1ncc(Br)c(NC[C@H]2CC[C@H](O)CC2)n1. The summed E-state index contributed by atoms with van der Waals surface area (Å²) in [4.78, 5) is 8.79. The van der Waals surface area contributed by atoms with Crippen LogP contribution in [-0.4, -0.2) is 34.3 Å². The second kappa shape index (κ2) is 8.54. The Labute approximate surface area is 135 Å². The van der Waals surface area contributed by atoms with Crippen LogP contribution >= 0.6 is 15.9 Å². The van der Waals surface area contributed by atoms with E-state index in [1.165, 1.54) is 0 Å². The van der Waals surface area contributed by atoms with Gasteiger partial charge in [0, 0.05) is 19.3 Å². The number of rotatable bonds is 7. The molecule has 118 valence electrons. The van der Waals surface area contributed by atoms with Gasteiger partial charge in [-0.25, -0.2) is 4.98 Å². The summed E-state index contributed by atoms with van der Waals surface area (Å²) >= 11 is 3.49. The summed E-state index contributed by atoms with van der Waals surface area (Å²) in [7, 11) is 0.